The molecule has 3 atom stereocenters. The van der Waals surface area contributed by atoms with Gasteiger partial charge in [-0.2, -0.15) is 0 Å². The molecule has 1 aliphatic rings. The molecule has 1 nitrogen and oxygen atoms in total. The van der Waals surface area contributed by atoms with Gasteiger partial charge in [-0.15, -0.1) is 0 Å². The van der Waals surface area contributed by atoms with Gasteiger partial charge in [-0.05, 0) is 35.4 Å². The van der Waals surface area contributed by atoms with E-state index in [0.717, 1.165) is 6.42 Å². The van der Waals surface area contributed by atoms with E-state index >= 15 is 0 Å². The molecule has 19 heavy (non-hydrogen) atoms. The van der Waals surface area contributed by atoms with Crippen molar-refractivity contribution < 1.29 is 9.50 Å². The number of hydrogen-bond acceptors (Lipinski definition) is 1. The highest BCUT2D eigenvalue weighted by Gasteiger charge is 2.43. The van der Waals surface area contributed by atoms with E-state index in [1.165, 1.54) is 11.6 Å². The maximum atomic E-state index is 13.5. The van der Waals surface area contributed by atoms with E-state index in [-0.39, 0.29) is 11.7 Å². The topological polar surface area (TPSA) is 20.2 Å². The fraction of sp³-hybridized carbons (Fsp3) is 0.294. The quantitative estimate of drug-likeness (QED) is 0.887. The van der Waals surface area contributed by atoms with E-state index in [1.807, 2.05) is 24.3 Å². The molecule has 0 amide bonds. The molecule has 2 aromatic rings. The van der Waals surface area contributed by atoms with Gasteiger partial charge in [-0.25, -0.2) is 4.39 Å². The summed E-state index contributed by atoms with van der Waals surface area (Å²) in [6.45, 7) is 0. The molecule has 1 aliphatic carbocycles. The van der Waals surface area contributed by atoms with Crippen molar-refractivity contribution in [3.8, 4) is 0 Å². The molecule has 0 aromatic heterocycles. The first-order valence-electron chi connectivity index (χ1n) is 6.72. The fourth-order valence-corrected chi connectivity index (χ4v) is 2.76. The highest BCUT2D eigenvalue weighted by atomic mass is 19.1. The van der Waals surface area contributed by atoms with E-state index < -0.39 is 6.10 Å². The number of hydrogen-bond donors (Lipinski definition) is 1. The molecule has 1 N–H and O–H groups in total. The van der Waals surface area contributed by atoms with Gasteiger partial charge < -0.3 is 5.11 Å². The molecule has 0 saturated heterocycles. The molecule has 0 aliphatic heterocycles. The Balaban J connectivity index is 1.64. The van der Waals surface area contributed by atoms with Gasteiger partial charge in [-0.3, -0.25) is 0 Å². The molecule has 3 rings (SSSR count). The van der Waals surface area contributed by atoms with Crippen molar-refractivity contribution in [1.82, 2.24) is 0 Å². The summed E-state index contributed by atoms with van der Waals surface area (Å²) in [5, 5.41) is 10.2. The summed E-state index contributed by atoms with van der Waals surface area (Å²) in [5.41, 5.74) is 1.88. The summed E-state index contributed by atoms with van der Waals surface area (Å²) in [7, 11) is 0. The molecule has 2 heteroatoms. The van der Waals surface area contributed by atoms with Gasteiger partial charge in [0, 0.05) is 6.42 Å². The highest BCUT2D eigenvalue weighted by molar-refractivity contribution is 5.27. The van der Waals surface area contributed by atoms with Gasteiger partial charge in [0.25, 0.3) is 0 Å². The Hall–Kier alpha value is -1.67. The van der Waals surface area contributed by atoms with Crippen LogP contribution in [0.15, 0.2) is 54.6 Å². The monoisotopic (exact) mass is 256 g/mol. The average molecular weight is 256 g/mol. The second kappa shape index (κ2) is 5.14. The summed E-state index contributed by atoms with van der Waals surface area (Å²) >= 11 is 0. The van der Waals surface area contributed by atoms with Crippen LogP contribution in [0.3, 0.4) is 0 Å². The summed E-state index contributed by atoms with van der Waals surface area (Å²) in [6.07, 6.45) is 0.947. The van der Waals surface area contributed by atoms with Crippen molar-refractivity contribution in [3.63, 3.8) is 0 Å². The molecule has 0 bridgehead atoms. The maximum Gasteiger partial charge on any atom is 0.126 e. The minimum atomic E-state index is -0.456. The van der Waals surface area contributed by atoms with Crippen LogP contribution in [0.1, 0.15) is 23.5 Å². The van der Waals surface area contributed by atoms with E-state index in [0.29, 0.717) is 17.9 Å². The van der Waals surface area contributed by atoms with Gasteiger partial charge in [0.1, 0.15) is 5.82 Å². The van der Waals surface area contributed by atoms with Gasteiger partial charge in [0.15, 0.2) is 0 Å². The first-order valence-corrected chi connectivity index (χ1v) is 6.72. The second-order valence-electron chi connectivity index (χ2n) is 5.28. The minimum absolute atomic E-state index is 0.224. The van der Waals surface area contributed by atoms with E-state index in [4.69, 9.17) is 0 Å². The Bertz CT molecular complexity index is 552. The Morgan fingerprint density at radius 2 is 1.74 bits per heavy atom. The molecule has 1 saturated carbocycles. The first-order chi connectivity index (χ1) is 9.25. The lowest BCUT2D eigenvalue weighted by molar-refractivity contribution is 0.148. The third kappa shape index (κ3) is 2.69. The van der Waals surface area contributed by atoms with Crippen molar-refractivity contribution in [2.75, 3.05) is 0 Å². The number of halogens is 1. The first kappa shape index (κ1) is 12.4. The minimum Gasteiger partial charge on any atom is -0.392 e. The van der Waals surface area contributed by atoms with Gasteiger partial charge in [0.05, 0.1) is 6.10 Å². The molecule has 2 aromatic carbocycles. The second-order valence-corrected chi connectivity index (χ2v) is 5.28. The predicted octanol–water partition coefficient (Wildman–Crippen LogP) is 3.53. The molecule has 0 radical (unpaired) electrons. The van der Waals surface area contributed by atoms with Crippen LogP contribution < -0.4 is 0 Å². The van der Waals surface area contributed by atoms with Crippen molar-refractivity contribution in [2.24, 2.45) is 5.92 Å². The van der Waals surface area contributed by atoms with Crippen LogP contribution >= 0.6 is 0 Å². The Morgan fingerprint density at radius 1 is 1.05 bits per heavy atom. The SMILES string of the molecule is OC(Cc1ccccc1F)C1CC1c1ccccc1. The van der Waals surface area contributed by atoms with Crippen LogP contribution in [0, 0.1) is 11.7 Å². The smallest absolute Gasteiger partial charge is 0.126 e. The van der Waals surface area contributed by atoms with Crippen LogP contribution in [0.4, 0.5) is 4.39 Å². The van der Waals surface area contributed by atoms with Crippen molar-refractivity contribution in [2.45, 2.75) is 24.9 Å². The number of aliphatic hydroxyl groups excluding tert-OH is 1. The van der Waals surface area contributed by atoms with Crippen LogP contribution in [0.25, 0.3) is 0 Å². The zero-order valence-electron chi connectivity index (χ0n) is 10.7. The predicted molar refractivity (Wildman–Crippen MR) is 73.4 cm³/mol. The summed E-state index contributed by atoms with van der Waals surface area (Å²) < 4.78 is 13.5. The van der Waals surface area contributed by atoms with E-state index in [2.05, 4.69) is 12.1 Å². The lowest BCUT2D eigenvalue weighted by Gasteiger charge is -2.11. The molecular weight excluding hydrogens is 239 g/mol. The number of aliphatic hydroxyl groups is 1. The highest BCUT2D eigenvalue weighted by Crippen LogP contribution is 2.50. The normalized spacial score (nSPS) is 23.1. The maximum absolute atomic E-state index is 13.5. The summed E-state index contributed by atoms with van der Waals surface area (Å²) in [6, 6.07) is 16.9. The lowest BCUT2D eigenvalue weighted by atomic mass is 10.0. The van der Waals surface area contributed by atoms with Crippen molar-refractivity contribution in [3.05, 3.63) is 71.5 Å². The van der Waals surface area contributed by atoms with E-state index in [9.17, 15) is 9.50 Å². The Labute approximate surface area is 112 Å². The van der Waals surface area contributed by atoms with Crippen LogP contribution in [-0.2, 0) is 6.42 Å². The zero-order chi connectivity index (χ0) is 13.2. The summed E-state index contributed by atoms with van der Waals surface area (Å²) in [5.74, 6) is 0.475. The third-order valence-corrected chi connectivity index (χ3v) is 3.95. The number of benzene rings is 2. The zero-order valence-corrected chi connectivity index (χ0v) is 10.7. The average Bonchev–Trinajstić information content (AvgIpc) is 3.23. The Morgan fingerprint density at radius 3 is 2.47 bits per heavy atom. The van der Waals surface area contributed by atoms with Gasteiger partial charge >= 0.3 is 0 Å². The lowest BCUT2D eigenvalue weighted by Crippen LogP contribution is -2.15. The van der Waals surface area contributed by atoms with Crippen molar-refractivity contribution >= 4 is 0 Å². The standard InChI is InChI=1S/C17H17FO/c18-16-9-5-4-8-13(16)10-17(19)15-11-14(15)12-6-2-1-3-7-12/h1-9,14-15,17,19H,10-11H2. The Kier molecular flexibility index (Phi) is 3.34. The molecule has 0 heterocycles. The molecule has 98 valence electrons. The molecule has 0 spiro atoms. The molecule has 1 fully saturated rings. The van der Waals surface area contributed by atoms with Crippen molar-refractivity contribution in [1.29, 1.82) is 0 Å². The van der Waals surface area contributed by atoms with Gasteiger partial charge in [0.2, 0.25) is 0 Å². The third-order valence-electron chi connectivity index (χ3n) is 3.95. The van der Waals surface area contributed by atoms with E-state index in [1.54, 1.807) is 12.1 Å². The van der Waals surface area contributed by atoms with Crippen LogP contribution in [0.2, 0.25) is 0 Å². The largest absolute Gasteiger partial charge is 0.392 e. The molecular formula is C17H17FO. The van der Waals surface area contributed by atoms with Crippen LogP contribution in [0.5, 0.6) is 0 Å². The number of rotatable bonds is 4. The molecule has 3 unspecified atom stereocenters. The van der Waals surface area contributed by atoms with Gasteiger partial charge in [-0.1, -0.05) is 48.5 Å². The summed E-state index contributed by atoms with van der Waals surface area (Å²) in [4.78, 5) is 0. The van der Waals surface area contributed by atoms with Crippen LogP contribution in [-0.4, -0.2) is 11.2 Å². The fourth-order valence-electron chi connectivity index (χ4n) is 2.76.